The fourth-order valence-corrected chi connectivity index (χ4v) is 5.86. The first-order chi connectivity index (χ1) is 14.5. The minimum atomic E-state index is -4.00. The lowest BCUT2D eigenvalue weighted by molar-refractivity contribution is -0.122. The van der Waals surface area contributed by atoms with Crippen molar-refractivity contribution in [3.63, 3.8) is 0 Å². The molecule has 1 unspecified atom stereocenters. The molecule has 3 rings (SSSR count). The summed E-state index contributed by atoms with van der Waals surface area (Å²) >= 11 is 0. The Morgan fingerprint density at radius 2 is 1.61 bits per heavy atom. The number of anilines is 1. The Balaban J connectivity index is 2.03. The van der Waals surface area contributed by atoms with Crippen molar-refractivity contribution in [2.75, 3.05) is 4.90 Å². The van der Waals surface area contributed by atoms with E-state index >= 15 is 0 Å². The first-order valence-corrected chi connectivity index (χ1v) is 12.0. The van der Waals surface area contributed by atoms with Crippen molar-refractivity contribution in [3.8, 4) is 0 Å². The lowest BCUT2D eigenvalue weighted by Gasteiger charge is -2.39. The summed E-state index contributed by atoms with van der Waals surface area (Å²) in [5.74, 6) is -0.584. The topological polar surface area (TPSA) is 74.8 Å². The number of nitrogens with zero attached hydrogens (tertiary/aromatic N) is 2. The van der Waals surface area contributed by atoms with Crippen LogP contribution in [0.25, 0.3) is 0 Å². The molecular weight excluding hydrogens is 412 g/mol. The Kier molecular flexibility index (Phi) is 6.39. The van der Waals surface area contributed by atoms with Gasteiger partial charge < -0.3 is 0 Å². The van der Waals surface area contributed by atoms with Crippen LogP contribution in [0, 0.1) is 0 Å². The maximum atomic E-state index is 13.6. The van der Waals surface area contributed by atoms with E-state index in [4.69, 9.17) is 0 Å². The third-order valence-electron chi connectivity index (χ3n) is 5.99. The van der Waals surface area contributed by atoms with Crippen molar-refractivity contribution in [1.82, 2.24) is 4.31 Å². The second kappa shape index (κ2) is 8.55. The smallest absolute Gasteiger partial charge is 0.252 e. The molecule has 31 heavy (non-hydrogen) atoms. The molecule has 7 heteroatoms. The maximum Gasteiger partial charge on any atom is 0.252 e. The molecule has 0 saturated carbocycles. The predicted octanol–water partition coefficient (Wildman–Crippen LogP) is 4.32. The minimum absolute atomic E-state index is 0.108. The Morgan fingerprint density at radius 3 is 2.13 bits per heavy atom. The first kappa shape index (κ1) is 23.2. The normalized spacial score (nSPS) is 17.8. The molecule has 0 aliphatic carbocycles. The summed E-state index contributed by atoms with van der Waals surface area (Å²) in [6, 6.07) is 14.2. The zero-order valence-corrected chi connectivity index (χ0v) is 19.5. The van der Waals surface area contributed by atoms with Crippen LogP contribution < -0.4 is 4.90 Å². The Hall–Kier alpha value is -2.51. The van der Waals surface area contributed by atoms with Crippen molar-refractivity contribution >= 4 is 27.5 Å². The van der Waals surface area contributed by atoms with Gasteiger partial charge in [-0.05, 0) is 56.0 Å². The van der Waals surface area contributed by atoms with Gasteiger partial charge in [-0.15, -0.1) is 0 Å². The minimum Gasteiger partial charge on any atom is -0.274 e. The largest absolute Gasteiger partial charge is 0.274 e. The van der Waals surface area contributed by atoms with Crippen molar-refractivity contribution in [2.45, 2.75) is 69.9 Å². The van der Waals surface area contributed by atoms with Gasteiger partial charge in [0.05, 0.1) is 17.0 Å². The van der Waals surface area contributed by atoms with Gasteiger partial charge in [0.25, 0.3) is 5.91 Å². The molecule has 2 aromatic rings. The highest BCUT2D eigenvalue weighted by atomic mass is 32.2. The summed E-state index contributed by atoms with van der Waals surface area (Å²) < 4.78 is 28.4. The molecule has 1 fully saturated rings. The van der Waals surface area contributed by atoms with E-state index in [1.165, 1.54) is 16.4 Å². The lowest BCUT2D eigenvalue weighted by atomic mass is 10.00. The van der Waals surface area contributed by atoms with Crippen LogP contribution >= 0.6 is 0 Å². The van der Waals surface area contributed by atoms with E-state index in [2.05, 4.69) is 13.8 Å². The first-order valence-electron chi connectivity index (χ1n) is 10.6. The molecule has 1 aliphatic rings. The fourth-order valence-electron chi connectivity index (χ4n) is 3.86. The Morgan fingerprint density at radius 1 is 1.03 bits per heavy atom. The number of sulfonamides is 1. The SMILES string of the molecule is CCC(C)(C)N(C1CC(=O)N(c2ccc(C(C)C)cc2)C1=O)S(=O)(=O)c1ccccc1. The lowest BCUT2D eigenvalue weighted by Crippen LogP contribution is -2.55. The maximum absolute atomic E-state index is 13.6. The van der Waals surface area contributed by atoms with E-state index in [0.29, 0.717) is 18.0 Å². The van der Waals surface area contributed by atoms with Crippen LogP contribution in [-0.4, -0.2) is 36.1 Å². The molecule has 0 bridgehead atoms. The molecule has 1 aliphatic heterocycles. The fraction of sp³-hybridized carbons (Fsp3) is 0.417. The molecule has 1 atom stereocenters. The van der Waals surface area contributed by atoms with Gasteiger partial charge in [0.2, 0.25) is 15.9 Å². The van der Waals surface area contributed by atoms with Crippen LogP contribution in [0.3, 0.4) is 0 Å². The van der Waals surface area contributed by atoms with Crippen LogP contribution in [0.2, 0.25) is 0 Å². The molecule has 2 aromatic carbocycles. The molecular formula is C24H30N2O4S. The summed E-state index contributed by atoms with van der Waals surface area (Å²) in [5, 5.41) is 0. The predicted molar refractivity (Wildman–Crippen MR) is 121 cm³/mol. The van der Waals surface area contributed by atoms with E-state index < -0.39 is 33.4 Å². The van der Waals surface area contributed by atoms with Crippen molar-refractivity contribution in [3.05, 3.63) is 60.2 Å². The number of benzene rings is 2. The van der Waals surface area contributed by atoms with E-state index in [-0.39, 0.29) is 11.3 Å². The standard InChI is InChI=1S/C24H30N2O4S/c1-6-24(4,5)26(31(29,30)20-10-8-7-9-11-20)21-16-22(27)25(23(21)28)19-14-12-18(13-15-19)17(2)3/h7-15,17,21H,6,16H2,1-5H3. The van der Waals surface area contributed by atoms with E-state index in [1.54, 1.807) is 44.2 Å². The van der Waals surface area contributed by atoms with Crippen LogP contribution in [0.5, 0.6) is 0 Å². The number of hydrogen-bond acceptors (Lipinski definition) is 4. The number of carbonyl (C=O) groups excluding carboxylic acids is 2. The molecule has 0 spiro atoms. The van der Waals surface area contributed by atoms with Crippen molar-refractivity contribution in [1.29, 1.82) is 0 Å². The molecule has 0 radical (unpaired) electrons. The second-order valence-electron chi connectivity index (χ2n) is 8.81. The zero-order chi connectivity index (χ0) is 23.0. The van der Waals surface area contributed by atoms with E-state index in [0.717, 1.165) is 10.5 Å². The number of rotatable bonds is 7. The third-order valence-corrected chi connectivity index (χ3v) is 8.12. The number of hydrogen-bond donors (Lipinski definition) is 0. The molecule has 1 heterocycles. The summed E-state index contributed by atoms with van der Waals surface area (Å²) in [6.45, 7) is 9.57. The Bertz CT molecular complexity index is 1060. The van der Waals surface area contributed by atoms with Gasteiger partial charge in [0.15, 0.2) is 0 Å². The summed E-state index contributed by atoms with van der Waals surface area (Å²) in [6.07, 6.45) is 0.306. The van der Waals surface area contributed by atoms with Gasteiger partial charge in [-0.1, -0.05) is 51.1 Å². The van der Waals surface area contributed by atoms with Gasteiger partial charge in [-0.2, -0.15) is 4.31 Å². The van der Waals surface area contributed by atoms with Gasteiger partial charge in [0, 0.05) is 5.54 Å². The van der Waals surface area contributed by atoms with Gasteiger partial charge in [-0.3, -0.25) is 9.59 Å². The van der Waals surface area contributed by atoms with Crippen molar-refractivity contribution in [2.24, 2.45) is 0 Å². The van der Waals surface area contributed by atoms with Crippen LogP contribution in [0.15, 0.2) is 59.5 Å². The van der Waals surface area contributed by atoms with Crippen LogP contribution in [0.1, 0.15) is 58.9 Å². The highest BCUT2D eigenvalue weighted by Crippen LogP contribution is 2.35. The van der Waals surface area contributed by atoms with Gasteiger partial charge in [0.1, 0.15) is 6.04 Å². The molecule has 166 valence electrons. The highest BCUT2D eigenvalue weighted by Gasteiger charge is 2.51. The van der Waals surface area contributed by atoms with E-state index in [9.17, 15) is 18.0 Å². The van der Waals surface area contributed by atoms with Gasteiger partial charge >= 0.3 is 0 Å². The Labute approximate surface area is 184 Å². The van der Waals surface area contributed by atoms with Crippen LogP contribution in [0.4, 0.5) is 5.69 Å². The molecule has 6 nitrogen and oxygen atoms in total. The van der Waals surface area contributed by atoms with E-state index in [1.807, 2.05) is 19.1 Å². The molecule has 0 N–H and O–H groups in total. The molecule has 1 saturated heterocycles. The quantitative estimate of drug-likeness (QED) is 0.599. The molecule has 2 amide bonds. The second-order valence-corrected chi connectivity index (χ2v) is 10.6. The summed E-state index contributed by atoms with van der Waals surface area (Å²) in [4.78, 5) is 27.5. The molecule has 0 aromatic heterocycles. The average Bonchev–Trinajstić information content (AvgIpc) is 3.01. The highest BCUT2D eigenvalue weighted by molar-refractivity contribution is 7.89. The average molecular weight is 443 g/mol. The summed E-state index contributed by atoms with van der Waals surface area (Å²) in [7, 11) is -4.00. The third kappa shape index (κ3) is 4.29. The van der Waals surface area contributed by atoms with Crippen LogP contribution in [-0.2, 0) is 19.6 Å². The zero-order valence-electron chi connectivity index (χ0n) is 18.7. The monoisotopic (exact) mass is 442 g/mol. The van der Waals surface area contributed by atoms with Gasteiger partial charge in [-0.25, -0.2) is 13.3 Å². The summed E-state index contributed by atoms with van der Waals surface area (Å²) in [5.41, 5.74) is 0.709. The number of amides is 2. The number of imide groups is 1. The number of carbonyl (C=O) groups is 2. The van der Waals surface area contributed by atoms with Crippen molar-refractivity contribution < 1.29 is 18.0 Å².